The van der Waals surface area contributed by atoms with Crippen molar-refractivity contribution in [2.45, 2.75) is 25.7 Å². The molecule has 1 aliphatic carbocycles. The zero-order chi connectivity index (χ0) is 20.7. The predicted molar refractivity (Wildman–Crippen MR) is 104 cm³/mol. The Bertz CT molecular complexity index is 1030. The number of nitrogens with zero attached hydrogens (tertiary/aromatic N) is 1. The number of fused-ring (bicyclic) bond motifs is 2. The molecule has 2 amide bonds. The van der Waals surface area contributed by atoms with E-state index >= 15 is 0 Å². The lowest BCUT2D eigenvalue weighted by molar-refractivity contribution is 0.0676. The van der Waals surface area contributed by atoms with E-state index in [0.29, 0.717) is 24.0 Å². The lowest BCUT2D eigenvalue weighted by Gasteiger charge is -2.19. The van der Waals surface area contributed by atoms with Gasteiger partial charge in [0.25, 0.3) is 11.8 Å². The highest BCUT2D eigenvalue weighted by molar-refractivity contribution is 6.38. The van der Waals surface area contributed by atoms with Gasteiger partial charge in [-0.1, -0.05) is 30.4 Å². The van der Waals surface area contributed by atoms with E-state index in [2.05, 4.69) is 0 Å². The Labute approximate surface area is 165 Å². The highest BCUT2D eigenvalue weighted by Gasteiger charge is 2.45. The van der Waals surface area contributed by atoms with E-state index in [9.17, 15) is 29.4 Å². The predicted octanol–water partition coefficient (Wildman–Crippen LogP) is 3.32. The van der Waals surface area contributed by atoms with Gasteiger partial charge in [-0.05, 0) is 48.9 Å². The third-order valence-corrected chi connectivity index (χ3v) is 5.28. The molecule has 7 heteroatoms. The summed E-state index contributed by atoms with van der Waals surface area (Å²) in [5, 5.41) is 19.8. The topological polar surface area (TPSA) is 112 Å². The SMILES string of the molecule is O=C(O)c1c2c(c(C(=O)O)c3c1C(=O)N(c1ccccc1)C3=O)CC/C=C\CC2. The molecule has 0 saturated carbocycles. The first-order valence-corrected chi connectivity index (χ1v) is 9.20. The van der Waals surface area contributed by atoms with E-state index in [1.165, 1.54) is 0 Å². The molecule has 0 fully saturated rings. The van der Waals surface area contributed by atoms with Crippen LogP contribution in [0.4, 0.5) is 5.69 Å². The molecule has 29 heavy (non-hydrogen) atoms. The zero-order valence-electron chi connectivity index (χ0n) is 15.3. The first kappa shape index (κ1) is 18.6. The van der Waals surface area contributed by atoms with Crippen molar-refractivity contribution < 1.29 is 29.4 Å². The van der Waals surface area contributed by atoms with Crippen LogP contribution in [-0.2, 0) is 12.8 Å². The number of amides is 2. The summed E-state index contributed by atoms with van der Waals surface area (Å²) in [5.74, 6) is -4.29. The fourth-order valence-corrected chi connectivity index (χ4v) is 4.12. The van der Waals surface area contributed by atoms with Gasteiger partial charge in [0.1, 0.15) is 0 Å². The fraction of sp³-hybridized carbons (Fsp3) is 0.182. The van der Waals surface area contributed by atoms with Gasteiger partial charge >= 0.3 is 11.9 Å². The number of carboxylic acid groups (broad SMARTS) is 2. The van der Waals surface area contributed by atoms with Gasteiger partial charge in [-0.15, -0.1) is 0 Å². The number of aromatic carboxylic acids is 2. The molecule has 2 aromatic carbocycles. The normalized spacial score (nSPS) is 16.6. The maximum atomic E-state index is 13.2. The van der Waals surface area contributed by atoms with Gasteiger partial charge in [0.15, 0.2) is 0 Å². The molecule has 0 spiro atoms. The number of hydrogen-bond donors (Lipinski definition) is 2. The summed E-state index contributed by atoms with van der Waals surface area (Å²) >= 11 is 0. The highest BCUT2D eigenvalue weighted by Crippen LogP contribution is 2.38. The van der Waals surface area contributed by atoms with Crippen molar-refractivity contribution in [1.29, 1.82) is 0 Å². The first-order chi connectivity index (χ1) is 13.9. The molecule has 1 heterocycles. The van der Waals surface area contributed by atoms with E-state index < -0.39 is 23.8 Å². The van der Waals surface area contributed by atoms with Crippen molar-refractivity contribution in [3.63, 3.8) is 0 Å². The van der Waals surface area contributed by atoms with Crippen molar-refractivity contribution in [1.82, 2.24) is 0 Å². The van der Waals surface area contributed by atoms with Gasteiger partial charge in [-0.25, -0.2) is 14.5 Å². The minimum Gasteiger partial charge on any atom is -0.478 e. The number of allylic oxidation sites excluding steroid dienone is 2. The van der Waals surface area contributed by atoms with Gasteiger partial charge in [0.2, 0.25) is 0 Å². The van der Waals surface area contributed by atoms with Crippen LogP contribution >= 0.6 is 0 Å². The summed E-state index contributed by atoms with van der Waals surface area (Å²) in [6.45, 7) is 0. The van der Waals surface area contributed by atoms with Crippen LogP contribution in [0, 0.1) is 0 Å². The van der Waals surface area contributed by atoms with E-state index in [4.69, 9.17) is 0 Å². The van der Waals surface area contributed by atoms with Gasteiger partial charge in [-0.2, -0.15) is 0 Å². The molecule has 0 radical (unpaired) electrons. The fourth-order valence-electron chi connectivity index (χ4n) is 4.12. The molecule has 7 nitrogen and oxygen atoms in total. The van der Waals surface area contributed by atoms with Crippen molar-refractivity contribution >= 4 is 29.4 Å². The van der Waals surface area contributed by atoms with Crippen molar-refractivity contribution in [3.05, 3.63) is 75.9 Å². The summed E-state index contributed by atoms with van der Waals surface area (Å²) in [6.07, 6.45) is 5.43. The Morgan fingerprint density at radius 2 is 1.21 bits per heavy atom. The van der Waals surface area contributed by atoms with Crippen molar-refractivity contribution in [2.24, 2.45) is 0 Å². The molecule has 0 saturated heterocycles. The second kappa shape index (κ2) is 7.01. The number of carbonyl (C=O) groups excluding carboxylic acids is 2. The Hall–Kier alpha value is -3.74. The number of hydrogen-bond acceptors (Lipinski definition) is 4. The second-order valence-electron chi connectivity index (χ2n) is 6.90. The average molecular weight is 391 g/mol. The number of benzene rings is 2. The van der Waals surface area contributed by atoms with Crippen LogP contribution < -0.4 is 4.90 Å². The maximum absolute atomic E-state index is 13.2. The summed E-state index contributed by atoms with van der Waals surface area (Å²) in [6, 6.07) is 8.08. The van der Waals surface area contributed by atoms with Gasteiger partial charge in [-0.3, -0.25) is 9.59 Å². The van der Waals surface area contributed by atoms with Crippen LogP contribution in [0.1, 0.15) is 65.4 Å². The molecule has 2 aromatic rings. The molecule has 0 atom stereocenters. The van der Waals surface area contributed by atoms with Crippen LogP contribution in [0.3, 0.4) is 0 Å². The van der Waals surface area contributed by atoms with Crippen molar-refractivity contribution in [2.75, 3.05) is 4.90 Å². The lowest BCUT2D eigenvalue weighted by Crippen LogP contribution is -2.29. The summed E-state index contributed by atoms with van der Waals surface area (Å²) in [7, 11) is 0. The largest absolute Gasteiger partial charge is 0.478 e. The van der Waals surface area contributed by atoms with E-state index in [0.717, 1.165) is 4.90 Å². The van der Waals surface area contributed by atoms with E-state index in [1.807, 2.05) is 12.2 Å². The number of anilines is 1. The molecule has 146 valence electrons. The Morgan fingerprint density at radius 1 is 0.759 bits per heavy atom. The van der Waals surface area contributed by atoms with Crippen LogP contribution in [0.25, 0.3) is 0 Å². The van der Waals surface area contributed by atoms with Crippen LogP contribution in [0.15, 0.2) is 42.5 Å². The number of imide groups is 1. The monoisotopic (exact) mass is 391 g/mol. The maximum Gasteiger partial charge on any atom is 0.336 e. The highest BCUT2D eigenvalue weighted by atomic mass is 16.4. The van der Waals surface area contributed by atoms with Crippen molar-refractivity contribution in [3.8, 4) is 0 Å². The zero-order valence-corrected chi connectivity index (χ0v) is 15.3. The minimum absolute atomic E-state index is 0.257. The lowest BCUT2D eigenvalue weighted by atomic mass is 9.82. The van der Waals surface area contributed by atoms with Gasteiger partial charge in [0, 0.05) is 0 Å². The molecular formula is C22H17NO6. The smallest absolute Gasteiger partial charge is 0.336 e. The first-order valence-electron chi connectivity index (χ1n) is 9.20. The van der Waals surface area contributed by atoms with Gasteiger partial charge in [0.05, 0.1) is 27.9 Å². The molecular weight excluding hydrogens is 374 g/mol. The Morgan fingerprint density at radius 3 is 1.62 bits per heavy atom. The number of carboxylic acids is 2. The molecule has 4 rings (SSSR count). The standard InChI is InChI=1S/C22H17NO6/c24-19-17-15(21(26)27)13-10-6-1-2-7-11-14(13)16(22(28)29)18(17)20(25)23(19)12-8-4-3-5-9-12/h1-5,8-9H,6-7,10-11H2,(H,26,27)(H,28,29)/b2-1-. The number of para-hydroxylation sites is 1. The molecule has 0 bridgehead atoms. The second-order valence-corrected chi connectivity index (χ2v) is 6.90. The summed E-state index contributed by atoms with van der Waals surface area (Å²) in [4.78, 5) is 51.5. The van der Waals surface area contributed by atoms with E-state index in [1.54, 1.807) is 30.3 Å². The van der Waals surface area contributed by atoms with E-state index in [-0.39, 0.29) is 40.8 Å². The molecule has 2 aliphatic rings. The number of carbonyl (C=O) groups is 4. The number of rotatable bonds is 3. The molecule has 2 N–H and O–H groups in total. The average Bonchev–Trinajstić information content (AvgIpc) is 2.91. The van der Waals surface area contributed by atoms with Crippen LogP contribution in [-0.4, -0.2) is 34.0 Å². The third kappa shape index (κ3) is 2.82. The van der Waals surface area contributed by atoms with Gasteiger partial charge < -0.3 is 10.2 Å². The quantitative estimate of drug-likeness (QED) is 0.613. The minimum atomic E-state index is -1.34. The molecule has 0 unspecified atom stereocenters. The summed E-state index contributed by atoms with van der Waals surface area (Å²) in [5.41, 5.74) is -0.248. The van der Waals surface area contributed by atoms with Crippen LogP contribution in [0.5, 0.6) is 0 Å². The van der Waals surface area contributed by atoms with Crippen LogP contribution in [0.2, 0.25) is 0 Å². The molecule has 0 aromatic heterocycles. The third-order valence-electron chi connectivity index (χ3n) is 5.28. The Balaban J connectivity index is 2.07. The summed E-state index contributed by atoms with van der Waals surface area (Å²) < 4.78 is 0. The Kier molecular flexibility index (Phi) is 4.50. The molecule has 1 aliphatic heterocycles.